The smallest absolute Gasteiger partial charge is 0.212 e. The number of hydrogen-bond acceptors (Lipinski definition) is 3. The second-order valence-corrected chi connectivity index (χ2v) is 6.71. The van der Waals surface area contributed by atoms with Gasteiger partial charge in [-0.2, -0.15) is 0 Å². The van der Waals surface area contributed by atoms with Crippen LogP contribution >= 0.6 is 11.6 Å². The summed E-state index contributed by atoms with van der Waals surface area (Å²) in [4.78, 5) is 0. The van der Waals surface area contributed by atoms with Crippen molar-refractivity contribution < 1.29 is 13.2 Å². The van der Waals surface area contributed by atoms with Crippen molar-refractivity contribution in [1.29, 1.82) is 0 Å². The van der Waals surface area contributed by atoms with Crippen LogP contribution in [0.1, 0.15) is 32.6 Å². The van der Waals surface area contributed by atoms with Gasteiger partial charge in [0, 0.05) is 24.6 Å². The van der Waals surface area contributed by atoms with Crippen molar-refractivity contribution in [3.63, 3.8) is 0 Å². The normalized spacial score (nSPS) is 20.9. The van der Waals surface area contributed by atoms with Crippen LogP contribution < -0.4 is 4.72 Å². The largest absolute Gasteiger partial charge is 0.381 e. The van der Waals surface area contributed by atoms with E-state index in [-0.39, 0.29) is 11.3 Å². The summed E-state index contributed by atoms with van der Waals surface area (Å²) in [7, 11) is -3.18. The van der Waals surface area contributed by atoms with E-state index in [9.17, 15) is 8.42 Å². The van der Waals surface area contributed by atoms with E-state index in [0.29, 0.717) is 25.5 Å². The van der Waals surface area contributed by atoms with Crippen molar-refractivity contribution in [2.75, 3.05) is 24.8 Å². The van der Waals surface area contributed by atoms with Crippen LogP contribution in [0, 0.1) is 0 Å². The van der Waals surface area contributed by atoms with Gasteiger partial charge in [0.2, 0.25) is 10.0 Å². The van der Waals surface area contributed by atoms with Gasteiger partial charge in [-0.15, -0.1) is 11.6 Å². The van der Waals surface area contributed by atoms with E-state index >= 15 is 0 Å². The van der Waals surface area contributed by atoms with Crippen molar-refractivity contribution in [3.05, 3.63) is 0 Å². The molecule has 1 rings (SSSR count). The summed E-state index contributed by atoms with van der Waals surface area (Å²) < 4.78 is 31.6. The van der Waals surface area contributed by atoms with E-state index in [4.69, 9.17) is 16.3 Å². The zero-order valence-corrected chi connectivity index (χ0v) is 11.2. The van der Waals surface area contributed by atoms with Crippen LogP contribution in [0.25, 0.3) is 0 Å². The van der Waals surface area contributed by atoms with Crippen molar-refractivity contribution in [2.45, 2.75) is 38.1 Å². The molecule has 0 amide bonds. The van der Waals surface area contributed by atoms with E-state index in [1.165, 1.54) is 0 Å². The van der Waals surface area contributed by atoms with Gasteiger partial charge < -0.3 is 4.74 Å². The predicted octanol–water partition coefficient (Wildman–Crippen LogP) is 1.49. The topological polar surface area (TPSA) is 55.4 Å². The molecule has 0 bridgehead atoms. The second kappa shape index (κ2) is 6.19. The van der Waals surface area contributed by atoms with Gasteiger partial charge in [-0.25, -0.2) is 13.1 Å². The summed E-state index contributed by atoms with van der Waals surface area (Å²) in [5, 5.41) is 0. The standard InChI is InChI=1S/C10H20ClNO3S/c1-10(4-7-15-8-5-10)12-16(13,14)9-3-2-6-11/h12H,2-9H2,1H3. The lowest BCUT2D eigenvalue weighted by Gasteiger charge is -2.34. The molecule has 6 heteroatoms. The molecule has 1 aliphatic rings. The Kier molecular flexibility index (Phi) is 5.50. The Labute approximate surface area is 103 Å². The van der Waals surface area contributed by atoms with Crippen LogP contribution in [0.15, 0.2) is 0 Å². The number of unbranched alkanes of at least 4 members (excludes halogenated alkanes) is 1. The maximum atomic E-state index is 11.8. The molecule has 0 aromatic heterocycles. The third-order valence-corrected chi connectivity index (χ3v) is 4.69. The first kappa shape index (κ1) is 14.2. The number of nitrogens with one attached hydrogen (secondary N) is 1. The maximum Gasteiger partial charge on any atom is 0.212 e. The zero-order valence-electron chi connectivity index (χ0n) is 9.67. The summed E-state index contributed by atoms with van der Waals surface area (Å²) in [6.07, 6.45) is 2.83. The molecule has 4 nitrogen and oxygen atoms in total. The number of ether oxygens (including phenoxy) is 1. The molecule has 0 radical (unpaired) electrons. The molecular weight excluding hydrogens is 250 g/mol. The van der Waals surface area contributed by atoms with E-state index < -0.39 is 10.0 Å². The van der Waals surface area contributed by atoms with Crippen molar-refractivity contribution in [3.8, 4) is 0 Å². The Balaban J connectivity index is 2.44. The highest BCUT2D eigenvalue weighted by Gasteiger charge is 2.31. The fourth-order valence-electron chi connectivity index (χ4n) is 1.74. The third-order valence-electron chi connectivity index (χ3n) is 2.79. The van der Waals surface area contributed by atoms with Gasteiger partial charge in [0.1, 0.15) is 0 Å². The molecule has 0 atom stereocenters. The highest BCUT2D eigenvalue weighted by atomic mass is 35.5. The third kappa shape index (κ3) is 4.99. The molecule has 0 aromatic rings. The van der Waals surface area contributed by atoms with Gasteiger partial charge in [-0.1, -0.05) is 0 Å². The summed E-state index contributed by atoms with van der Waals surface area (Å²) in [5.74, 6) is 0.677. The molecule has 0 aliphatic carbocycles. The average Bonchev–Trinajstić information content (AvgIpc) is 2.17. The van der Waals surface area contributed by atoms with Crippen LogP contribution in [0.3, 0.4) is 0 Å². The van der Waals surface area contributed by atoms with Crippen molar-refractivity contribution in [2.24, 2.45) is 0 Å². The minimum atomic E-state index is -3.18. The quantitative estimate of drug-likeness (QED) is 0.587. The van der Waals surface area contributed by atoms with Gasteiger partial charge in [0.05, 0.1) is 5.75 Å². The molecule has 0 aromatic carbocycles. The van der Waals surface area contributed by atoms with E-state index in [1.807, 2.05) is 6.92 Å². The van der Waals surface area contributed by atoms with Gasteiger partial charge in [0.15, 0.2) is 0 Å². The summed E-state index contributed by atoms with van der Waals surface area (Å²) in [6, 6.07) is 0. The molecule has 1 N–H and O–H groups in total. The van der Waals surface area contributed by atoms with Crippen LogP contribution in [0.2, 0.25) is 0 Å². The van der Waals surface area contributed by atoms with E-state index in [2.05, 4.69) is 4.72 Å². The summed E-state index contributed by atoms with van der Waals surface area (Å²) >= 11 is 5.52. The predicted molar refractivity (Wildman–Crippen MR) is 65.3 cm³/mol. The Morgan fingerprint density at radius 3 is 2.50 bits per heavy atom. The molecule has 1 saturated heterocycles. The van der Waals surface area contributed by atoms with Gasteiger partial charge >= 0.3 is 0 Å². The SMILES string of the molecule is CC1(NS(=O)(=O)CCCCCl)CCOCC1. The van der Waals surface area contributed by atoms with Crippen LogP contribution in [-0.4, -0.2) is 38.8 Å². The maximum absolute atomic E-state index is 11.8. The molecule has 1 heterocycles. The summed E-state index contributed by atoms with van der Waals surface area (Å²) in [5.41, 5.74) is -0.335. The van der Waals surface area contributed by atoms with Crippen LogP contribution in [-0.2, 0) is 14.8 Å². The minimum absolute atomic E-state index is 0.163. The molecule has 1 aliphatic heterocycles. The minimum Gasteiger partial charge on any atom is -0.381 e. The van der Waals surface area contributed by atoms with Gasteiger partial charge in [-0.05, 0) is 32.6 Å². The Morgan fingerprint density at radius 2 is 1.94 bits per heavy atom. The van der Waals surface area contributed by atoms with E-state index in [1.54, 1.807) is 0 Å². The van der Waals surface area contributed by atoms with Gasteiger partial charge in [-0.3, -0.25) is 0 Å². The Bertz CT molecular complexity index is 299. The fraction of sp³-hybridized carbons (Fsp3) is 1.00. The first-order valence-electron chi connectivity index (χ1n) is 5.63. The van der Waals surface area contributed by atoms with Gasteiger partial charge in [0.25, 0.3) is 0 Å². The highest BCUT2D eigenvalue weighted by Crippen LogP contribution is 2.20. The number of hydrogen-bond donors (Lipinski definition) is 1. The lowest BCUT2D eigenvalue weighted by molar-refractivity contribution is 0.0537. The first-order valence-corrected chi connectivity index (χ1v) is 7.81. The van der Waals surface area contributed by atoms with E-state index in [0.717, 1.165) is 19.3 Å². The summed E-state index contributed by atoms with van der Waals surface area (Å²) in [6.45, 7) is 3.19. The molecule has 96 valence electrons. The number of alkyl halides is 1. The fourth-order valence-corrected chi connectivity index (χ4v) is 3.57. The van der Waals surface area contributed by atoms with Crippen molar-refractivity contribution >= 4 is 21.6 Å². The Morgan fingerprint density at radius 1 is 1.31 bits per heavy atom. The number of rotatable bonds is 6. The Hall–Kier alpha value is 0.160. The highest BCUT2D eigenvalue weighted by molar-refractivity contribution is 7.89. The molecule has 16 heavy (non-hydrogen) atoms. The number of sulfonamides is 1. The molecule has 0 saturated carbocycles. The number of halogens is 1. The lowest BCUT2D eigenvalue weighted by atomic mass is 9.94. The molecular formula is C10H20ClNO3S. The zero-order chi connectivity index (χ0) is 12.1. The van der Waals surface area contributed by atoms with Crippen LogP contribution in [0.5, 0.6) is 0 Å². The average molecular weight is 270 g/mol. The first-order chi connectivity index (χ1) is 7.47. The van der Waals surface area contributed by atoms with Crippen LogP contribution in [0.4, 0.5) is 0 Å². The lowest BCUT2D eigenvalue weighted by Crippen LogP contribution is -2.50. The molecule has 0 spiro atoms. The van der Waals surface area contributed by atoms with Crippen molar-refractivity contribution in [1.82, 2.24) is 4.72 Å². The second-order valence-electron chi connectivity index (χ2n) is 4.49. The monoisotopic (exact) mass is 269 g/mol. The molecule has 0 unspecified atom stereocenters. The molecule has 1 fully saturated rings.